The quantitative estimate of drug-likeness (QED) is 0.671. The molecule has 138 valence electrons. The molecule has 0 unspecified atom stereocenters. The monoisotopic (exact) mass is 365 g/mol. The van der Waals surface area contributed by atoms with Crippen molar-refractivity contribution in [1.82, 2.24) is 0 Å². The summed E-state index contributed by atoms with van der Waals surface area (Å²) < 4.78 is 24.1. The molecule has 0 aliphatic carbocycles. The molecule has 0 heterocycles. The van der Waals surface area contributed by atoms with Crippen molar-refractivity contribution in [1.29, 1.82) is 0 Å². The Kier molecular flexibility index (Phi) is 5.71. The predicted octanol–water partition coefficient (Wildman–Crippen LogP) is 4.97. The van der Waals surface area contributed by atoms with Crippen LogP contribution in [0.3, 0.4) is 0 Å². The topological polar surface area (TPSA) is 47.6 Å². The van der Waals surface area contributed by atoms with Gasteiger partial charge in [0.1, 0.15) is 12.4 Å². The number of carbonyl (C=O) groups is 1. The molecule has 0 aliphatic heterocycles. The molecular formula is C22H20FNO3. The Labute approximate surface area is 157 Å². The van der Waals surface area contributed by atoms with Crippen molar-refractivity contribution in [3.63, 3.8) is 0 Å². The van der Waals surface area contributed by atoms with Crippen LogP contribution in [0.15, 0.2) is 66.7 Å². The summed E-state index contributed by atoms with van der Waals surface area (Å²) in [5.41, 5.74) is 3.16. The zero-order valence-electron chi connectivity index (χ0n) is 15.2. The molecule has 3 rings (SSSR count). The Bertz CT molecular complexity index is 921. The van der Waals surface area contributed by atoms with Gasteiger partial charge >= 0.3 is 0 Å². The normalized spacial score (nSPS) is 10.3. The van der Waals surface area contributed by atoms with E-state index in [4.69, 9.17) is 9.47 Å². The summed E-state index contributed by atoms with van der Waals surface area (Å²) in [7, 11) is 1.52. The van der Waals surface area contributed by atoms with Crippen molar-refractivity contribution >= 4 is 11.6 Å². The molecule has 0 bridgehead atoms. The van der Waals surface area contributed by atoms with E-state index in [1.54, 1.807) is 18.2 Å². The predicted molar refractivity (Wildman–Crippen MR) is 103 cm³/mol. The minimum Gasteiger partial charge on any atom is -0.493 e. The van der Waals surface area contributed by atoms with Gasteiger partial charge in [-0.3, -0.25) is 4.79 Å². The van der Waals surface area contributed by atoms with Crippen LogP contribution < -0.4 is 14.8 Å². The van der Waals surface area contributed by atoms with E-state index in [0.717, 1.165) is 5.56 Å². The van der Waals surface area contributed by atoms with Gasteiger partial charge in [-0.15, -0.1) is 0 Å². The number of rotatable bonds is 6. The Hall–Kier alpha value is -3.34. The molecule has 5 heteroatoms. The Morgan fingerprint density at radius 1 is 0.963 bits per heavy atom. The number of amides is 1. The zero-order valence-corrected chi connectivity index (χ0v) is 15.2. The van der Waals surface area contributed by atoms with E-state index in [-0.39, 0.29) is 11.7 Å². The summed E-state index contributed by atoms with van der Waals surface area (Å²) in [6.45, 7) is 2.43. The van der Waals surface area contributed by atoms with Crippen molar-refractivity contribution in [2.24, 2.45) is 0 Å². The third-order valence-electron chi connectivity index (χ3n) is 4.04. The molecule has 0 spiro atoms. The second kappa shape index (κ2) is 8.36. The summed E-state index contributed by atoms with van der Waals surface area (Å²) >= 11 is 0. The van der Waals surface area contributed by atoms with Gasteiger partial charge in [0.15, 0.2) is 11.5 Å². The minimum atomic E-state index is -0.357. The van der Waals surface area contributed by atoms with Gasteiger partial charge in [0.25, 0.3) is 5.91 Å². The molecule has 1 N–H and O–H groups in total. The van der Waals surface area contributed by atoms with Crippen molar-refractivity contribution in [3.8, 4) is 11.5 Å². The minimum absolute atomic E-state index is 0.315. The maximum absolute atomic E-state index is 13.0. The number of methoxy groups -OCH3 is 1. The Balaban J connectivity index is 1.70. The third kappa shape index (κ3) is 4.85. The van der Waals surface area contributed by atoms with Gasteiger partial charge in [-0.25, -0.2) is 4.39 Å². The number of carbonyl (C=O) groups excluding carboxylic acids is 1. The second-order valence-corrected chi connectivity index (χ2v) is 6.10. The number of ether oxygens (including phenoxy) is 2. The fraction of sp³-hybridized carbons (Fsp3) is 0.136. The number of hydrogen-bond acceptors (Lipinski definition) is 3. The number of halogens is 1. The molecule has 0 aromatic heterocycles. The van der Waals surface area contributed by atoms with Crippen molar-refractivity contribution in [2.45, 2.75) is 13.5 Å². The summed E-state index contributed by atoms with van der Waals surface area (Å²) in [5.74, 6) is 0.347. The van der Waals surface area contributed by atoms with Crippen molar-refractivity contribution < 1.29 is 18.7 Å². The molecule has 3 aromatic rings. The van der Waals surface area contributed by atoms with E-state index in [1.165, 1.54) is 36.9 Å². The molecule has 1 amide bonds. The molecular weight excluding hydrogens is 345 g/mol. The lowest BCUT2D eigenvalue weighted by atomic mass is 10.1. The van der Waals surface area contributed by atoms with Crippen LogP contribution in [0.5, 0.6) is 11.5 Å². The lowest BCUT2D eigenvalue weighted by Crippen LogP contribution is -2.12. The third-order valence-corrected chi connectivity index (χ3v) is 4.04. The highest BCUT2D eigenvalue weighted by Gasteiger charge is 2.12. The van der Waals surface area contributed by atoms with E-state index in [0.29, 0.717) is 29.4 Å². The first kappa shape index (κ1) is 18.5. The first-order valence-corrected chi connectivity index (χ1v) is 8.48. The molecule has 0 saturated carbocycles. The highest BCUT2D eigenvalue weighted by molar-refractivity contribution is 6.04. The Morgan fingerprint density at radius 2 is 1.67 bits per heavy atom. The lowest BCUT2D eigenvalue weighted by Gasteiger charge is -2.12. The highest BCUT2D eigenvalue weighted by Crippen LogP contribution is 2.29. The Morgan fingerprint density at radius 3 is 2.33 bits per heavy atom. The van der Waals surface area contributed by atoms with E-state index in [1.807, 2.05) is 31.2 Å². The first-order chi connectivity index (χ1) is 13.0. The number of aryl methyl sites for hydroxylation is 1. The highest BCUT2D eigenvalue weighted by atomic mass is 19.1. The molecule has 27 heavy (non-hydrogen) atoms. The van der Waals surface area contributed by atoms with Gasteiger partial charge in [0.05, 0.1) is 7.11 Å². The molecule has 0 saturated heterocycles. The first-order valence-electron chi connectivity index (χ1n) is 8.48. The van der Waals surface area contributed by atoms with E-state index in [2.05, 4.69) is 5.32 Å². The van der Waals surface area contributed by atoms with Gasteiger partial charge in [0.2, 0.25) is 0 Å². The number of anilines is 1. The number of nitrogens with one attached hydrogen (secondary N) is 1. The van der Waals surface area contributed by atoms with Crippen molar-refractivity contribution in [3.05, 3.63) is 89.2 Å². The van der Waals surface area contributed by atoms with Crippen LogP contribution >= 0.6 is 0 Å². The zero-order chi connectivity index (χ0) is 19.2. The van der Waals surface area contributed by atoms with Gasteiger partial charge in [-0.1, -0.05) is 29.8 Å². The summed E-state index contributed by atoms with van der Waals surface area (Å²) in [6.07, 6.45) is 0. The maximum atomic E-state index is 13.0. The number of benzene rings is 3. The SMILES string of the molecule is COc1cc(C(=O)Nc2ccc(F)cc2)ccc1OCc1ccc(C)cc1. The summed E-state index contributed by atoms with van der Waals surface area (Å²) in [6, 6.07) is 18.6. The fourth-order valence-electron chi connectivity index (χ4n) is 2.51. The van der Waals surface area contributed by atoms with Crippen LogP contribution in [-0.2, 0) is 6.61 Å². The molecule has 0 atom stereocenters. The maximum Gasteiger partial charge on any atom is 0.255 e. The van der Waals surface area contributed by atoms with Gasteiger partial charge < -0.3 is 14.8 Å². The van der Waals surface area contributed by atoms with Crippen LogP contribution in [-0.4, -0.2) is 13.0 Å². The second-order valence-electron chi connectivity index (χ2n) is 6.10. The lowest BCUT2D eigenvalue weighted by molar-refractivity contribution is 0.102. The van der Waals surface area contributed by atoms with E-state index < -0.39 is 0 Å². The van der Waals surface area contributed by atoms with Gasteiger partial charge in [-0.2, -0.15) is 0 Å². The average molecular weight is 365 g/mol. The summed E-state index contributed by atoms with van der Waals surface area (Å²) in [5, 5.41) is 2.72. The van der Waals surface area contributed by atoms with Gasteiger partial charge in [0, 0.05) is 11.3 Å². The standard InChI is InChI=1S/C22H20FNO3/c1-15-3-5-16(6-4-15)14-27-20-12-7-17(13-21(20)26-2)22(25)24-19-10-8-18(23)9-11-19/h3-13H,14H2,1-2H3,(H,24,25). The fourth-order valence-corrected chi connectivity index (χ4v) is 2.51. The average Bonchev–Trinajstić information content (AvgIpc) is 2.69. The molecule has 0 fully saturated rings. The van der Waals surface area contributed by atoms with Gasteiger partial charge in [-0.05, 0) is 55.0 Å². The molecule has 4 nitrogen and oxygen atoms in total. The van der Waals surface area contributed by atoms with Crippen LogP contribution in [0.4, 0.5) is 10.1 Å². The van der Waals surface area contributed by atoms with Crippen LogP contribution in [0.2, 0.25) is 0 Å². The van der Waals surface area contributed by atoms with Crippen LogP contribution in [0.25, 0.3) is 0 Å². The van der Waals surface area contributed by atoms with E-state index >= 15 is 0 Å². The van der Waals surface area contributed by atoms with Crippen LogP contribution in [0, 0.1) is 12.7 Å². The number of hydrogen-bond donors (Lipinski definition) is 1. The molecule has 0 radical (unpaired) electrons. The summed E-state index contributed by atoms with van der Waals surface area (Å²) in [4.78, 5) is 12.4. The smallest absolute Gasteiger partial charge is 0.255 e. The molecule has 3 aromatic carbocycles. The molecule has 0 aliphatic rings. The largest absolute Gasteiger partial charge is 0.493 e. The van der Waals surface area contributed by atoms with Crippen LogP contribution in [0.1, 0.15) is 21.5 Å². The van der Waals surface area contributed by atoms with Crippen molar-refractivity contribution in [2.75, 3.05) is 12.4 Å². The van der Waals surface area contributed by atoms with E-state index in [9.17, 15) is 9.18 Å².